The molecule has 2 N–H and O–H groups in total. The van der Waals surface area contributed by atoms with Crippen LogP contribution in [0.4, 0.5) is 0 Å². The molecule has 2 saturated heterocycles. The normalized spacial score (nSPS) is 31.5. The second-order valence-corrected chi connectivity index (χ2v) is 5.04. The van der Waals surface area contributed by atoms with E-state index in [-0.39, 0.29) is 18.1 Å². The van der Waals surface area contributed by atoms with Gasteiger partial charge >= 0.3 is 0 Å². The van der Waals surface area contributed by atoms with Gasteiger partial charge in [0.2, 0.25) is 0 Å². The van der Waals surface area contributed by atoms with Crippen LogP contribution < -0.4 is 5.73 Å². The van der Waals surface area contributed by atoms with Crippen molar-refractivity contribution in [2.24, 2.45) is 5.73 Å². The number of carbonyl (C=O) groups is 1. The fraction of sp³-hybridized carbons (Fsp3) is 0.917. The van der Waals surface area contributed by atoms with Crippen LogP contribution in [0.5, 0.6) is 0 Å². The molecule has 5 heteroatoms. The molecule has 0 bridgehead atoms. The molecule has 2 aliphatic rings. The lowest BCUT2D eigenvalue weighted by molar-refractivity contribution is -0.142. The maximum Gasteiger partial charge on any atom is 0.251 e. The zero-order valence-corrected chi connectivity index (χ0v) is 10.6. The van der Waals surface area contributed by atoms with Gasteiger partial charge < -0.3 is 20.3 Å². The minimum atomic E-state index is -0.244. The van der Waals surface area contributed by atoms with E-state index in [1.807, 2.05) is 4.90 Å². The van der Waals surface area contributed by atoms with Gasteiger partial charge in [0, 0.05) is 26.2 Å². The maximum absolute atomic E-state index is 12.3. The number of likely N-dealkylation sites (N-methyl/N-ethyl adjacent to an activating group) is 1. The fourth-order valence-corrected chi connectivity index (χ4v) is 2.53. The summed E-state index contributed by atoms with van der Waals surface area (Å²) in [5, 5.41) is 0. The van der Waals surface area contributed by atoms with Gasteiger partial charge in [-0.1, -0.05) is 0 Å². The summed E-state index contributed by atoms with van der Waals surface area (Å²) in [6.45, 7) is 4.23. The number of rotatable bonds is 2. The first-order valence-corrected chi connectivity index (χ1v) is 6.53. The van der Waals surface area contributed by atoms with Crippen LogP contribution in [-0.2, 0) is 9.53 Å². The Balaban J connectivity index is 1.87. The Hall–Kier alpha value is -0.650. The lowest BCUT2D eigenvalue weighted by Gasteiger charge is -2.24. The van der Waals surface area contributed by atoms with Crippen LogP contribution in [0, 0.1) is 0 Å². The van der Waals surface area contributed by atoms with Crippen LogP contribution >= 0.6 is 0 Å². The Bertz CT molecular complexity index is 272. The van der Waals surface area contributed by atoms with Gasteiger partial charge in [-0.3, -0.25) is 4.79 Å². The molecule has 0 radical (unpaired) electrons. The number of hydrogen-bond donors (Lipinski definition) is 1. The highest BCUT2D eigenvalue weighted by molar-refractivity contribution is 5.81. The van der Waals surface area contributed by atoms with Crippen molar-refractivity contribution >= 4 is 5.91 Å². The smallest absolute Gasteiger partial charge is 0.251 e. The minimum Gasteiger partial charge on any atom is -0.364 e. The molecule has 0 aromatic rings. The van der Waals surface area contributed by atoms with Gasteiger partial charge in [0.05, 0.1) is 6.10 Å². The lowest BCUT2D eigenvalue weighted by Crippen LogP contribution is -2.41. The third-order valence-corrected chi connectivity index (χ3v) is 3.68. The topological polar surface area (TPSA) is 58.8 Å². The molecule has 0 aromatic heterocycles. The van der Waals surface area contributed by atoms with Crippen molar-refractivity contribution in [2.45, 2.75) is 31.5 Å². The summed E-state index contributed by atoms with van der Waals surface area (Å²) < 4.78 is 5.66. The van der Waals surface area contributed by atoms with Crippen molar-refractivity contribution < 1.29 is 9.53 Å². The Labute approximate surface area is 103 Å². The quantitative estimate of drug-likeness (QED) is 0.718. The van der Waals surface area contributed by atoms with Crippen LogP contribution in [0.15, 0.2) is 0 Å². The first-order chi connectivity index (χ1) is 8.20. The van der Waals surface area contributed by atoms with Crippen molar-refractivity contribution in [1.82, 2.24) is 9.80 Å². The highest BCUT2D eigenvalue weighted by Crippen LogP contribution is 2.21. The van der Waals surface area contributed by atoms with Crippen molar-refractivity contribution in [3.8, 4) is 0 Å². The van der Waals surface area contributed by atoms with E-state index >= 15 is 0 Å². The summed E-state index contributed by atoms with van der Waals surface area (Å²) in [6, 6.07) is 0. The number of carbonyl (C=O) groups excluding carboxylic acids is 1. The van der Waals surface area contributed by atoms with Gasteiger partial charge in [-0.15, -0.1) is 0 Å². The van der Waals surface area contributed by atoms with E-state index < -0.39 is 0 Å². The monoisotopic (exact) mass is 241 g/mol. The lowest BCUT2D eigenvalue weighted by atomic mass is 10.2. The summed E-state index contributed by atoms with van der Waals surface area (Å²) in [6.07, 6.45) is 2.63. The van der Waals surface area contributed by atoms with Gasteiger partial charge in [-0.25, -0.2) is 0 Å². The standard InChI is InChI=1S/C12H23N3O2/c1-14-5-2-6-15(8-7-14)12(16)11-4-3-10(9-13)17-11/h10-11H,2-9,13H2,1H3/t10-,11+/m1/s1. The first-order valence-electron chi connectivity index (χ1n) is 6.53. The highest BCUT2D eigenvalue weighted by Gasteiger charge is 2.33. The average Bonchev–Trinajstić information content (AvgIpc) is 2.71. The molecule has 0 aliphatic carbocycles. The molecule has 0 spiro atoms. The highest BCUT2D eigenvalue weighted by atomic mass is 16.5. The van der Waals surface area contributed by atoms with Crippen LogP contribution in [0.1, 0.15) is 19.3 Å². The summed E-state index contributed by atoms with van der Waals surface area (Å²) in [5.41, 5.74) is 5.56. The molecule has 17 heavy (non-hydrogen) atoms. The first kappa shape index (κ1) is 12.8. The third kappa shape index (κ3) is 3.18. The molecule has 0 saturated carbocycles. The molecule has 0 aromatic carbocycles. The largest absolute Gasteiger partial charge is 0.364 e. The van der Waals surface area contributed by atoms with Crippen molar-refractivity contribution in [3.05, 3.63) is 0 Å². The van der Waals surface area contributed by atoms with E-state index in [2.05, 4.69) is 11.9 Å². The summed E-state index contributed by atoms with van der Waals surface area (Å²) >= 11 is 0. The summed E-state index contributed by atoms with van der Waals surface area (Å²) in [4.78, 5) is 16.5. The van der Waals surface area contributed by atoms with Gasteiger partial charge in [0.1, 0.15) is 6.10 Å². The van der Waals surface area contributed by atoms with Crippen molar-refractivity contribution in [1.29, 1.82) is 0 Å². The maximum atomic E-state index is 12.3. The average molecular weight is 241 g/mol. The van der Waals surface area contributed by atoms with Crippen LogP contribution in [-0.4, -0.2) is 67.7 Å². The van der Waals surface area contributed by atoms with E-state index in [1.165, 1.54) is 0 Å². The Morgan fingerprint density at radius 1 is 1.29 bits per heavy atom. The zero-order valence-electron chi connectivity index (χ0n) is 10.6. The minimum absolute atomic E-state index is 0.0820. The van der Waals surface area contributed by atoms with E-state index in [0.717, 1.165) is 45.4 Å². The molecule has 0 unspecified atom stereocenters. The van der Waals surface area contributed by atoms with E-state index in [1.54, 1.807) is 0 Å². The molecule has 5 nitrogen and oxygen atoms in total. The van der Waals surface area contributed by atoms with E-state index in [4.69, 9.17) is 10.5 Å². The van der Waals surface area contributed by atoms with Crippen LogP contribution in [0.25, 0.3) is 0 Å². The Kier molecular flexibility index (Phi) is 4.36. The number of nitrogens with two attached hydrogens (primary N) is 1. The molecule has 2 atom stereocenters. The number of amides is 1. The van der Waals surface area contributed by atoms with E-state index in [0.29, 0.717) is 6.54 Å². The molecular formula is C12H23N3O2. The van der Waals surface area contributed by atoms with Gasteiger partial charge in [-0.2, -0.15) is 0 Å². The van der Waals surface area contributed by atoms with Crippen molar-refractivity contribution in [2.75, 3.05) is 39.8 Å². The Morgan fingerprint density at radius 2 is 2.12 bits per heavy atom. The molecule has 1 amide bonds. The van der Waals surface area contributed by atoms with Gasteiger partial charge in [-0.05, 0) is 32.9 Å². The second-order valence-electron chi connectivity index (χ2n) is 5.04. The van der Waals surface area contributed by atoms with Gasteiger partial charge in [0.15, 0.2) is 0 Å². The van der Waals surface area contributed by atoms with Crippen LogP contribution in [0.2, 0.25) is 0 Å². The number of ether oxygens (including phenoxy) is 1. The summed E-state index contributed by atoms with van der Waals surface area (Å²) in [7, 11) is 2.10. The Morgan fingerprint density at radius 3 is 2.82 bits per heavy atom. The fourth-order valence-electron chi connectivity index (χ4n) is 2.53. The summed E-state index contributed by atoms with van der Waals surface area (Å²) in [5.74, 6) is 0.163. The number of nitrogens with zero attached hydrogens (tertiary/aromatic N) is 2. The number of hydrogen-bond acceptors (Lipinski definition) is 4. The molecular weight excluding hydrogens is 218 g/mol. The molecule has 2 fully saturated rings. The predicted molar refractivity (Wildman–Crippen MR) is 65.6 cm³/mol. The molecule has 2 rings (SSSR count). The molecule has 2 heterocycles. The SMILES string of the molecule is CN1CCCN(C(=O)[C@@H]2CC[C@H](CN)O2)CC1. The zero-order chi connectivity index (χ0) is 12.3. The third-order valence-electron chi connectivity index (χ3n) is 3.68. The van der Waals surface area contributed by atoms with E-state index in [9.17, 15) is 4.79 Å². The predicted octanol–water partition coefficient (Wildman–Crippen LogP) is -0.343. The van der Waals surface area contributed by atoms with Gasteiger partial charge in [0.25, 0.3) is 5.91 Å². The van der Waals surface area contributed by atoms with Crippen LogP contribution in [0.3, 0.4) is 0 Å². The second kappa shape index (κ2) is 5.80. The molecule has 98 valence electrons. The van der Waals surface area contributed by atoms with Crippen molar-refractivity contribution in [3.63, 3.8) is 0 Å². The molecule has 2 aliphatic heterocycles.